The molecule has 7 heteroatoms. The molecule has 5 aromatic rings. The predicted octanol–water partition coefficient (Wildman–Crippen LogP) is 8.73. The van der Waals surface area contributed by atoms with Crippen LogP contribution in [0.15, 0.2) is 133 Å². The molecule has 0 bridgehead atoms. The Kier molecular flexibility index (Phi) is 12.3. The van der Waals surface area contributed by atoms with Gasteiger partial charge < -0.3 is 23.7 Å². The summed E-state index contributed by atoms with van der Waals surface area (Å²) in [6.45, 7) is 3.54. The molecule has 0 aromatic heterocycles. The molecule has 49 heavy (non-hydrogen) atoms. The fraction of sp³-hybridized carbons (Fsp3) is 0.262. The first-order valence-electron chi connectivity index (χ1n) is 16.7. The minimum atomic E-state index is -0.904. The van der Waals surface area contributed by atoms with E-state index in [-0.39, 0.29) is 25.6 Å². The SMILES string of the molecule is CCOc1ccc(Cc2cc([C@@H]3OC(COCc4ccccc4)C(=O)[C@H](OCc4ccccc4)C3OCc3ccccc3)ccc2Cl)cc1. The number of carbonyl (C=O) groups is 1. The average molecular weight is 677 g/mol. The van der Waals surface area contributed by atoms with Crippen LogP contribution >= 0.6 is 11.6 Å². The summed E-state index contributed by atoms with van der Waals surface area (Å²) in [6.07, 6.45) is -2.53. The zero-order valence-electron chi connectivity index (χ0n) is 27.6. The van der Waals surface area contributed by atoms with Crippen LogP contribution in [0.5, 0.6) is 5.75 Å². The van der Waals surface area contributed by atoms with E-state index in [2.05, 4.69) is 0 Å². The molecule has 0 radical (unpaired) electrons. The lowest BCUT2D eigenvalue weighted by Gasteiger charge is -2.40. The molecule has 0 saturated carbocycles. The van der Waals surface area contributed by atoms with Crippen LogP contribution in [0.2, 0.25) is 5.02 Å². The third-order valence-corrected chi connectivity index (χ3v) is 8.84. The first-order valence-corrected chi connectivity index (χ1v) is 17.1. The van der Waals surface area contributed by atoms with E-state index in [1.54, 1.807) is 0 Å². The lowest BCUT2D eigenvalue weighted by molar-refractivity contribution is -0.213. The van der Waals surface area contributed by atoms with Gasteiger partial charge in [-0.15, -0.1) is 0 Å². The molecule has 1 aliphatic heterocycles. The molecule has 0 aliphatic carbocycles. The van der Waals surface area contributed by atoms with Gasteiger partial charge in [-0.3, -0.25) is 4.79 Å². The molecule has 0 spiro atoms. The van der Waals surface area contributed by atoms with Gasteiger partial charge in [0.1, 0.15) is 30.2 Å². The van der Waals surface area contributed by atoms with Crippen LogP contribution in [0.1, 0.15) is 46.4 Å². The number of benzene rings is 5. The first kappa shape index (κ1) is 34.6. The molecular formula is C42H41ClO6. The summed E-state index contributed by atoms with van der Waals surface area (Å²) in [5, 5.41) is 0.644. The van der Waals surface area contributed by atoms with Crippen LogP contribution in [0.25, 0.3) is 0 Å². The third-order valence-electron chi connectivity index (χ3n) is 8.47. The lowest BCUT2D eigenvalue weighted by atomic mass is 9.90. The number of hydrogen-bond donors (Lipinski definition) is 0. The number of halogens is 1. The van der Waals surface area contributed by atoms with E-state index < -0.39 is 24.4 Å². The molecule has 0 N–H and O–H groups in total. The van der Waals surface area contributed by atoms with E-state index in [4.69, 9.17) is 35.3 Å². The molecule has 2 unspecified atom stereocenters. The van der Waals surface area contributed by atoms with Gasteiger partial charge in [-0.2, -0.15) is 0 Å². The van der Waals surface area contributed by atoms with Gasteiger partial charge in [0.15, 0.2) is 5.78 Å². The Morgan fingerprint density at radius 3 is 1.88 bits per heavy atom. The largest absolute Gasteiger partial charge is 0.494 e. The van der Waals surface area contributed by atoms with Crippen molar-refractivity contribution in [3.63, 3.8) is 0 Å². The van der Waals surface area contributed by atoms with Crippen molar-refractivity contribution in [2.45, 2.75) is 57.6 Å². The predicted molar refractivity (Wildman–Crippen MR) is 191 cm³/mol. The molecule has 6 rings (SSSR count). The molecule has 6 nitrogen and oxygen atoms in total. The summed E-state index contributed by atoms with van der Waals surface area (Å²) in [5.74, 6) is 0.619. The van der Waals surface area contributed by atoms with Crippen LogP contribution < -0.4 is 4.74 Å². The Bertz CT molecular complexity index is 1750. The van der Waals surface area contributed by atoms with Crippen LogP contribution in [-0.2, 0) is 50.0 Å². The van der Waals surface area contributed by atoms with Gasteiger partial charge in [0.05, 0.1) is 33.0 Å². The van der Waals surface area contributed by atoms with E-state index >= 15 is 0 Å². The third kappa shape index (κ3) is 9.44. The second-order valence-corrected chi connectivity index (χ2v) is 12.4. The second kappa shape index (κ2) is 17.4. The van der Waals surface area contributed by atoms with Crippen molar-refractivity contribution in [3.05, 3.63) is 172 Å². The quantitative estimate of drug-likeness (QED) is 0.111. The zero-order valence-corrected chi connectivity index (χ0v) is 28.3. The average Bonchev–Trinajstić information content (AvgIpc) is 3.14. The summed E-state index contributed by atoms with van der Waals surface area (Å²) in [7, 11) is 0. The van der Waals surface area contributed by atoms with E-state index in [9.17, 15) is 4.79 Å². The summed E-state index contributed by atoms with van der Waals surface area (Å²) >= 11 is 6.77. The summed E-state index contributed by atoms with van der Waals surface area (Å²) in [6, 6.07) is 43.5. The van der Waals surface area contributed by atoms with E-state index in [1.165, 1.54) is 0 Å². The fourth-order valence-corrected chi connectivity index (χ4v) is 6.13. The zero-order chi connectivity index (χ0) is 33.8. The highest BCUT2D eigenvalue weighted by Crippen LogP contribution is 2.37. The summed E-state index contributed by atoms with van der Waals surface area (Å²) in [5.41, 5.74) is 5.83. The van der Waals surface area contributed by atoms with Gasteiger partial charge in [-0.25, -0.2) is 0 Å². The molecule has 252 valence electrons. The van der Waals surface area contributed by atoms with E-state index in [0.29, 0.717) is 24.7 Å². The standard InChI is InChI=1S/C42H41ClO6/c1-2-46-36-21-18-30(19-22-36)24-35-25-34(20-23-37(35)43)40-42(48-28-33-16-10-5-11-17-33)41(47-27-32-14-8-4-9-15-32)39(44)38(49-40)29-45-26-31-12-6-3-7-13-31/h3-23,25,38,40-42H,2,24,26-29H2,1H3/t38?,40-,41-,42?/m0/s1. The van der Waals surface area contributed by atoms with Crippen molar-refractivity contribution < 1.29 is 28.5 Å². The van der Waals surface area contributed by atoms with Gasteiger partial charge in [-0.05, 0) is 64.9 Å². The number of hydrogen-bond acceptors (Lipinski definition) is 6. The Morgan fingerprint density at radius 2 is 1.27 bits per heavy atom. The van der Waals surface area contributed by atoms with Crippen molar-refractivity contribution in [3.8, 4) is 5.75 Å². The van der Waals surface area contributed by atoms with E-state index in [1.807, 2.05) is 140 Å². The molecule has 1 heterocycles. The smallest absolute Gasteiger partial charge is 0.195 e. The first-order chi connectivity index (χ1) is 24.1. The van der Waals surface area contributed by atoms with Crippen LogP contribution in [0.4, 0.5) is 0 Å². The Labute approximate surface area is 293 Å². The maximum Gasteiger partial charge on any atom is 0.195 e. The van der Waals surface area contributed by atoms with Gasteiger partial charge in [0.25, 0.3) is 0 Å². The van der Waals surface area contributed by atoms with Gasteiger partial charge >= 0.3 is 0 Å². The van der Waals surface area contributed by atoms with Gasteiger partial charge in [-0.1, -0.05) is 127 Å². The second-order valence-electron chi connectivity index (χ2n) is 12.0. The maximum atomic E-state index is 14.2. The molecule has 4 atom stereocenters. The van der Waals surface area contributed by atoms with Crippen LogP contribution in [0, 0.1) is 0 Å². The van der Waals surface area contributed by atoms with Crippen molar-refractivity contribution in [1.82, 2.24) is 0 Å². The monoisotopic (exact) mass is 676 g/mol. The highest BCUT2D eigenvalue weighted by molar-refractivity contribution is 6.31. The fourth-order valence-electron chi connectivity index (χ4n) is 5.95. The van der Waals surface area contributed by atoms with Gasteiger partial charge in [0.2, 0.25) is 0 Å². The van der Waals surface area contributed by atoms with Gasteiger partial charge in [0, 0.05) is 5.02 Å². The van der Waals surface area contributed by atoms with Crippen molar-refractivity contribution in [2.24, 2.45) is 0 Å². The Hall–Kier alpha value is -4.30. The molecule has 1 fully saturated rings. The number of carbonyl (C=O) groups excluding carboxylic acids is 1. The number of Topliss-reactive ketones (excluding diaryl/α,β-unsaturated/α-hetero) is 1. The minimum Gasteiger partial charge on any atom is -0.494 e. The van der Waals surface area contributed by atoms with E-state index in [0.717, 1.165) is 39.1 Å². The van der Waals surface area contributed by atoms with Crippen molar-refractivity contribution in [1.29, 1.82) is 0 Å². The van der Waals surface area contributed by atoms with Crippen molar-refractivity contribution >= 4 is 17.4 Å². The lowest BCUT2D eigenvalue weighted by Crippen LogP contribution is -2.54. The normalized spacial score (nSPS) is 19.1. The number of ether oxygens (including phenoxy) is 5. The molecule has 1 saturated heterocycles. The summed E-state index contributed by atoms with van der Waals surface area (Å²) < 4.78 is 31.4. The number of rotatable bonds is 15. The number of ketones is 1. The highest BCUT2D eigenvalue weighted by atomic mass is 35.5. The molecule has 1 aliphatic rings. The molecular weight excluding hydrogens is 636 g/mol. The summed E-state index contributed by atoms with van der Waals surface area (Å²) in [4.78, 5) is 14.2. The molecule has 5 aromatic carbocycles. The Balaban J connectivity index is 1.30. The topological polar surface area (TPSA) is 63.2 Å². The van der Waals surface area contributed by atoms with Crippen molar-refractivity contribution in [2.75, 3.05) is 13.2 Å². The highest BCUT2D eigenvalue weighted by Gasteiger charge is 2.47. The Morgan fingerprint density at radius 1 is 0.673 bits per heavy atom. The van der Waals surface area contributed by atoms with Crippen LogP contribution in [-0.4, -0.2) is 37.3 Å². The molecule has 0 amide bonds. The van der Waals surface area contributed by atoms with Crippen LogP contribution in [0.3, 0.4) is 0 Å². The minimum absolute atomic E-state index is 0.0768. The maximum absolute atomic E-state index is 14.2.